The van der Waals surface area contributed by atoms with Crippen LogP contribution in [0.3, 0.4) is 0 Å². The van der Waals surface area contributed by atoms with E-state index in [2.05, 4.69) is 15.0 Å². The van der Waals surface area contributed by atoms with Crippen LogP contribution >= 0.6 is 0 Å². The van der Waals surface area contributed by atoms with E-state index in [1.807, 2.05) is 18.2 Å². The maximum Gasteiger partial charge on any atom is 0.226 e. The number of pyridine rings is 2. The molecule has 0 aliphatic rings. The third kappa shape index (κ3) is 0.839. The summed E-state index contributed by atoms with van der Waals surface area (Å²) in [6, 6.07) is 5.92. The summed E-state index contributed by atoms with van der Waals surface area (Å²) in [6.07, 6.45) is 5.22. The van der Waals surface area contributed by atoms with Crippen molar-refractivity contribution in [2.45, 2.75) is 0 Å². The number of rotatable bonds is 0. The van der Waals surface area contributed by atoms with Gasteiger partial charge in [-0.3, -0.25) is 0 Å². The number of aromatic amines is 1. The predicted molar refractivity (Wildman–Crippen MR) is 61.2 cm³/mol. The van der Waals surface area contributed by atoms with Gasteiger partial charge in [-0.1, -0.05) is 0 Å². The molecule has 1 N–H and O–H groups in total. The fourth-order valence-electron chi connectivity index (χ4n) is 2.14. The molecule has 0 bridgehead atoms. The Hall–Kier alpha value is -2.36. The minimum Gasteiger partial charge on any atom is -0.446 e. The molecule has 0 radical (unpaired) electrons. The van der Waals surface area contributed by atoms with Crippen molar-refractivity contribution < 1.29 is 4.42 Å². The molecule has 0 amide bonds. The van der Waals surface area contributed by atoms with Gasteiger partial charge in [0.25, 0.3) is 0 Å². The molecule has 0 aromatic carbocycles. The second-order valence-corrected chi connectivity index (χ2v) is 3.71. The highest BCUT2D eigenvalue weighted by molar-refractivity contribution is 6.17. The van der Waals surface area contributed by atoms with Gasteiger partial charge in [0.2, 0.25) is 5.71 Å². The molecule has 0 atom stereocenters. The standard InChI is InChI=1S/C12H7N3O/c1-2-7-10-8-3-5-16-12(8)14-6-9(10)15-11(7)13-4-1/h1-6H,(H,13,15). The van der Waals surface area contributed by atoms with Crippen molar-refractivity contribution in [3.05, 3.63) is 36.9 Å². The minimum absolute atomic E-state index is 0.664. The van der Waals surface area contributed by atoms with Crippen molar-refractivity contribution in [1.82, 2.24) is 15.0 Å². The Bertz CT molecular complexity index is 813. The number of hydrogen-bond donors (Lipinski definition) is 1. The van der Waals surface area contributed by atoms with E-state index in [-0.39, 0.29) is 0 Å². The summed E-state index contributed by atoms with van der Waals surface area (Å²) in [7, 11) is 0. The molecule has 4 nitrogen and oxygen atoms in total. The Morgan fingerprint density at radius 2 is 2.12 bits per heavy atom. The van der Waals surface area contributed by atoms with Crippen LogP contribution < -0.4 is 0 Å². The first-order valence-electron chi connectivity index (χ1n) is 5.02. The molecule has 4 heteroatoms. The van der Waals surface area contributed by atoms with Crippen molar-refractivity contribution in [1.29, 1.82) is 0 Å². The van der Waals surface area contributed by atoms with Gasteiger partial charge in [-0.25, -0.2) is 9.97 Å². The largest absolute Gasteiger partial charge is 0.446 e. The van der Waals surface area contributed by atoms with Crippen LogP contribution in [-0.4, -0.2) is 15.0 Å². The van der Waals surface area contributed by atoms with Crippen LogP contribution in [0.15, 0.2) is 41.3 Å². The average molecular weight is 209 g/mol. The molecule has 0 fully saturated rings. The van der Waals surface area contributed by atoms with Crippen LogP contribution in [0.1, 0.15) is 0 Å². The summed E-state index contributed by atoms with van der Waals surface area (Å²) >= 11 is 0. The smallest absolute Gasteiger partial charge is 0.226 e. The summed E-state index contributed by atoms with van der Waals surface area (Å²) in [4.78, 5) is 11.8. The van der Waals surface area contributed by atoms with Crippen molar-refractivity contribution >= 4 is 33.0 Å². The third-order valence-corrected chi connectivity index (χ3v) is 2.82. The van der Waals surface area contributed by atoms with Crippen LogP contribution in [0.5, 0.6) is 0 Å². The van der Waals surface area contributed by atoms with Gasteiger partial charge in [0.15, 0.2) is 0 Å². The molecule has 0 aliphatic heterocycles. The average Bonchev–Trinajstić information content (AvgIpc) is 2.91. The molecule has 0 saturated heterocycles. The molecular weight excluding hydrogens is 202 g/mol. The van der Waals surface area contributed by atoms with Gasteiger partial charge in [0.1, 0.15) is 5.65 Å². The summed E-state index contributed by atoms with van der Waals surface area (Å²) in [6.45, 7) is 0. The monoisotopic (exact) mass is 209 g/mol. The molecule has 0 aliphatic carbocycles. The van der Waals surface area contributed by atoms with Crippen LogP contribution in [0.4, 0.5) is 0 Å². The number of aromatic nitrogens is 3. The predicted octanol–water partition coefficient (Wildman–Crippen LogP) is 2.86. The number of furan rings is 1. The number of nitrogens with zero attached hydrogens (tertiary/aromatic N) is 2. The molecule has 0 spiro atoms. The van der Waals surface area contributed by atoms with E-state index in [9.17, 15) is 0 Å². The van der Waals surface area contributed by atoms with E-state index in [1.54, 1.807) is 18.7 Å². The molecule has 76 valence electrons. The zero-order valence-corrected chi connectivity index (χ0v) is 8.27. The highest BCUT2D eigenvalue weighted by Gasteiger charge is 2.10. The second-order valence-electron chi connectivity index (χ2n) is 3.71. The first-order valence-corrected chi connectivity index (χ1v) is 5.02. The zero-order chi connectivity index (χ0) is 10.5. The molecule has 0 unspecified atom stereocenters. The lowest BCUT2D eigenvalue weighted by molar-refractivity contribution is 0.603. The molecule has 4 rings (SSSR count). The van der Waals surface area contributed by atoms with Crippen molar-refractivity contribution in [2.75, 3.05) is 0 Å². The quantitative estimate of drug-likeness (QED) is 0.484. The number of nitrogens with one attached hydrogen (secondary N) is 1. The van der Waals surface area contributed by atoms with Gasteiger partial charge < -0.3 is 9.40 Å². The van der Waals surface area contributed by atoms with Crippen LogP contribution in [0.2, 0.25) is 0 Å². The van der Waals surface area contributed by atoms with Crippen molar-refractivity contribution in [3.63, 3.8) is 0 Å². The van der Waals surface area contributed by atoms with Crippen molar-refractivity contribution in [3.8, 4) is 0 Å². The van der Waals surface area contributed by atoms with Gasteiger partial charge in [-0.05, 0) is 18.2 Å². The fraction of sp³-hybridized carbons (Fsp3) is 0. The summed E-state index contributed by atoms with van der Waals surface area (Å²) in [5.74, 6) is 0. The molecule has 0 saturated carbocycles. The zero-order valence-electron chi connectivity index (χ0n) is 8.27. The maximum atomic E-state index is 5.30. The fourth-order valence-corrected chi connectivity index (χ4v) is 2.14. The first kappa shape index (κ1) is 7.87. The highest BCUT2D eigenvalue weighted by atomic mass is 16.3. The Balaban J connectivity index is 2.42. The Labute approximate surface area is 89.9 Å². The first-order chi connectivity index (χ1) is 7.93. The molecule has 4 aromatic heterocycles. The lowest BCUT2D eigenvalue weighted by Gasteiger charge is -1.91. The van der Waals surface area contributed by atoms with E-state index < -0.39 is 0 Å². The van der Waals surface area contributed by atoms with E-state index >= 15 is 0 Å². The van der Waals surface area contributed by atoms with Crippen molar-refractivity contribution in [2.24, 2.45) is 0 Å². The summed E-state index contributed by atoms with van der Waals surface area (Å²) in [5.41, 5.74) is 2.54. The Morgan fingerprint density at radius 3 is 3.12 bits per heavy atom. The summed E-state index contributed by atoms with van der Waals surface area (Å²) < 4.78 is 5.30. The van der Waals surface area contributed by atoms with Crippen LogP contribution in [0.25, 0.3) is 33.0 Å². The molecule has 4 aromatic rings. The number of hydrogen-bond acceptors (Lipinski definition) is 3. The topological polar surface area (TPSA) is 54.7 Å². The van der Waals surface area contributed by atoms with E-state index in [4.69, 9.17) is 4.42 Å². The SMILES string of the molecule is c1cnc2[nH]c3cnc4occc4c3c2c1. The normalized spacial score (nSPS) is 11.8. The minimum atomic E-state index is 0.664. The molecule has 16 heavy (non-hydrogen) atoms. The maximum absolute atomic E-state index is 5.30. The third-order valence-electron chi connectivity index (χ3n) is 2.82. The lowest BCUT2D eigenvalue weighted by atomic mass is 10.2. The summed E-state index contributed by atoms with van der Waals surface area (Å²) in [5, 5.41) is 3.25. The number of H-pyrrole nitrogens is 1. The van der Waals surface area contributed by atoms with Gasteiger partial charge in [0, 0.05) is 17.0 Å². The Morgan fingerprint density at radius 1 is 1.12 bits per heavy atom. The van der Waals surface area contributed by atoms with Gasteiger partial charge in [0.05, 0.1) is 23.4 Å². The number of fused-ring (bicyclic) bond motifs is 5. The van der Waals surface area contributed by atoms with E-state index in [0.29, 0.717) is 5.71 Å². The van der Waals surface area contributed by atoms with Gasteiger partial charge in [-0.2, -0.15) is 0 Å². The lowest BCUT2D eigenvalue weighted by Crippen LogP contribution is -1.74. The Kier molecular flexibility index (Phi) is 1.28. The van der Waals surface area contributed by atoms with Crippen LogP contribution in [-0.2, 0) is 0 Å². The second kappa shape index (κ2) is 2.61. The molecule has 4 heterocycles. The van der Waals surface area contributed by atoms with Crippen LogP contribution in [0, 0.1) is 0 Å². The van der Waals surface area contributed by atoms with E-state index in [0.717, 1.165) is 27.3 Å². The highest BCUT2D eigenvalue weighted by Crippen LogP contribution is 2.30. The van der Waals surface area contributed by atoms with Gasteiger partial charge in [-0.15, -0.1) is 0 Å². The van der Waals surface area contributed by atoms with Gasteiger partial charge >= 0.3 is 0 Å². The molecular formula is C12H7N3O. The van der Waals surface area contributed by atoms with E-state index in [1.165, 1.54) is 0 Å².